The molecule has 0 aliphatic heterocycles. The van der Waals surface area contributed by atoms with Crippen molar-refractivity contribution in [3.8, 4) is 0 Å². The molecule has 0 amide bonds. The van der Waals surface area contributed by atoms with E-state index in [4.69, 9.17) is 10.5 Å². The molecule has 0 unspecified atom stereocenters. The van der Waals surface area contributed by atoms with Gasteiger partial charge in [0.15, 0.2) is 0 Å². The van der Waals surface area contributed by atoms with E-state index in [0.717, 1.165) is 22.9 Å². The van der Waals surface area contributed by atoms with Crippen LogP contribution < -0.4 is 5.73 Å². The smallest absolute Gasteiger partial charge is 0.0736 e. The predicted molar refractivity (Wildman–Crippen MR) is 57.7 cm³/mol. The van der Waals surface area contributed by atoms with E-state index in [0.29, 0.717) is 18.8 Å². The molecule has 0 radical (unpaired) electrons. The van der Waals surface area contributed by atoms with Crippen LogP contribution in [0.15, 0.2) is 22.9 Å². The van der Waals surface area contributed by atoms with E-state index in [1.807, 2.05) is 12.3 Å². The van der Waals surface area contributed by atoms with Gasteiger partial charge < -0.3 is 10.5 Å². The molecule has 0 spiro atoms. The number of ether oxygens (including phenoxy) is 1. The summed E-state index contributed by atoms with van der Waals surface area (Å²) in [5.41, 5.74) is 6.76. The van der Waals surface area contributed by atoms with Crippen LogP contribution in [0.25, 0.3) is 0 Å². The molecule has 0 aromatic carbocycles. The molecule has 0 saturated heterocycles. The quantitative estimate of drug-likeness (QED) is 0.898. The van der Waals surface area contributed by atoms with Crippen LogP contribution in [-0.2, 0) is 11.3 Å². The highest BCUT2D eigenvalue weighted by atomic mass is 79.9. The van der Waals surface area contributed by atoms with Gasteiger partial charge in [-0.15, -0.1) is 0 Å². The van der Waals surface area contributed by atoms with Crippen LogP contribution in [0, 0.1) is 0 Å². The van der Waals surface area contributed by atoms with Crippen molar-refractivity contribution in [3.63, 3.8) is 0 Å². The number of halogens is 1. The number of rotatable bonds is 3. The molecule has 1 heterocycles. The molecule has 1 aliphatic rings. The van der Waals surface area contributed by atoms with Crippen molar-refractivity contribution in [2.45, 2.75) is 31.6 Å². The van der Waals surface area contributed by atoms with Crippen LogP contribution in [0.3, 0.4) is 0 Å². The summed E-state index contributed by atoms with van der Waals surface area (Å²) in [7, 11) is 0. The van der Waals surface area contributed by atoms with Crippen molar-refractivity contribution in [3.05, 3.63) is 28.5 Å². The Morgan fingerprint density at radius 3 is 2.93 bits per heavy atom. The average Bonchev–Trinajstić information content (AvgIpc) is 2.11. The second-order valence-electron chi connectivity index (χ2n) is 3.68. The zero-order chi connectivity index (χ0) is 9.97. The minimum Gasteiger partial charge on any atom is -0.373 e. The van der Waals surface area contributed by atoms with E-state index in [2.05, 4.69) is 20.9 Å². The zero-order valence-corrected chi connectivity index (χ0v) is 9.40. The van der Waals surface area contributed by atoms with E-state index in [1.54, 1.807) is 6.20 Å². The molecule has 0 atom stereocenters. The summed E-state index contributed by atoms with van der Waals surface area (Å²) in [5.74, 6) is 0. The molecule has 1 fully saturated rings. The fourth-order valence-electron chi connectivity index (χ4n) is 1.49. The topological polar surface area (TPSA) is 48.1 Å². The maximum atomic E-state index is 5.66. The summed E-state index contributed by atoms with van der Waals surface area (Å²) in [5, 5.41) is 0. The van der Waals surface area contributed by atoms with Gasteiger partial charge in [-0.25, -0.2) is 0 Å². The SMILES string of the molecule is NC1CC(OCc2cncc(Br)c2)C1. The maximum absolute atomic E-state index is 5.66. The summed E-state index contributed by atoms with van der Waals surface area (Å²) < 4.78 is 6.64. The van der Waals surface area contributed by atoms with Crippen LogP contribution in [-0.4, -0.2) is 17.1 Å². The average molecular weight is 257 g/mol. The number of hydrogen-bond donors (Lipinski definition) is 1. The Kier molecular flexibility index (Phi) is 3.15. The minimum absolute atomic E-state index is 0.348. The van der Waals surface area contributed by atoms with E-state index < -0.39 is 0 Å². The van der Waals surface area contributed by atoms with Gasteiger partial charge in [0.2, 0.25) is 0 Å². The lowest BCUT2D eigenvalue weighted by Gasteiger charge is -2.32. The van der Waals surface area contributed by atoms with Crippen molar-refractivity contribution < 1.29 is 4.74 Å². The fourth-order valence-corrected chi connectivity index (χ4v) is 1.90. The Morgan fingerprint density at radius 2 is 2.29 bits per heavy atom. The molecule has 1 aromatic heterocycles. The molecule has 1 aromatic rings. The number of nitrogens with two attached hydrogens (primary N) is 1. The molecule has 1 saturated carbocycles. The van der Waals surface area contributed by atoms with E-state index in [1.165, 1.54) is 0 Å². The Balaban J connectivity index is 1.80. The summed E-state index contributed by atoms with van der Waals surface area (Å²) in [6.45, 7) is 0.629. The Labute approximate surface area is 91.8 Å². The van der Waals surface area contributed by atoms with Gasteiger partial charge in [0.25, 0.3) is 0 Å². The van der Waals surface area contributed by atoms with Gasteiger partial charge in [-0.3, -0.25) is 4.98 Å². The highest BCUT2D eigenvalue weighted by Gasteiger charge is 2.26. The Bertz CT molecular complexity index is 313. The first-order valence-corrected chi connectivity index (χ1v) is 5.50. The normalized spacial score (nSPS) is 25.9. The van der Waals surface area contributed by atoms with E-state index in [9.17, 15) is 0 Å². The standard InChI is InChI=1S/C10H13BrN2O/c11-8-1-7(4-13-5-8)6-14-10-2-9(12)3-10/h1,4-5,9-10H,2-3,6,12H2. The zero-order valence-electron chi connectivity index (χ0n) is 7.82. The molecular weight excluding hydrogens is 244 g/mol. The molecule has 3 nitrogen and oxygen atoms in total. The summed E-state index contributed by atoms with van der Waals surface area (Å²) in [4.78, 5) is 4.07. The van der Waals surface area contributed by atoms with Gasteiger partial charge in [0, 0.05) is 22.9 Å². The van der Waals surface area contributed by atoms with Crippen LogP contribution in [0.4, 0.5) is 0 Å². The second kappa shape index (κ2) is 4.38. The summed E-state index contributed by atoms with van der Waals surface area (Å²) in [6, 6.07) is 2.37. The molecule has 76 valence electrons. The third kappa shape index (κ3) is 2.53. The third-order valence-electron chi connectivity index (χ3n) is 2.38. The molecule has 1 aliphatic carbocycles. The molecule has 2 rings (SSSR count). The largest absolute Gasteiger partial charge is 0.373 e. The Hall–Kier alpha value is -0.450. The minimum atomic E-state index is 0.348. The number of hydrogen-bond acceptors (Lipinski definition) is 3. The van der Waals surface area contributed by atoms with E-state index >= 15 is 0 Å². The van der Waals surface area contributed by atoms with Crippen molar-refractivity contribution in [1.82, 2.24) is 4.98 Å². The van der Waals surface area contributed by atoms with Crippen molar-refractivity contribution in [2.75, 3.05) is 0 Å². The van der Waals surface area contributed by atoms with Crippen molar-refractivity contribution >= 4 is 15.9 Å². The highest BCUT2D eigenvalue weighted by molar-refractivity contribution is 9.10. The first kappa shape index (κ1) is 10.1. The van der Waals surface area contributed by atoms with Crippen LogP contribution in [0.5, 0.6) is 0 Å². The monoisotopic (exact) mass is 256 g/mol. The van der Waals surface area contributed by atoms with Crippen molar-refractivity contribution in [1.29, 1.82) is 0 Å². The number of aromatic nitrogens is 1. The maximum Gasteiger partial charge on any atom is 0.0736 e. The van der Waals surface area contributed by atoms with E-state index in [-0.39, 0.29) is 0 Å². The molecule has 2 N–H and O–H groups in total. The van der Waals surface area contributed by atoms with Gasteiger partial charge in [-0.1, -0.05) is 0 Å². The second-order valence-corrected chi connectivity index (χ2v) is 4.59. The van der Waals surface area contributed by atoms with Gasteiger partial charge in [0.05, 0.1) is 12.7 Å². The van der Waals surface area contributed by atoms with Gasteiger partial charge in [-0.2, -0.15) is 0 Å². The highest BCUT2D eigenvalue weighted by Crippen LogP contribution is 2.22. The van der Waals surface area contributed by atoms with Crippen LogP contribution in [0.1, 0.15) is 18.4 Å². The molecular formula is C10H13BrN2O. The third-order valence-corrected chi connectivity index (χ3v) is 2.81. The lowest BCUT2D eigenvalue weighted by atomic mass is 9.90. The van der Waals surface area contributed by atoms with Gasteiger partial charge in [-0.05, 0) is 40.4 Å². The van der Waals surface area contributed by atoms with Gasteiger partial charge in [0.1, 0.15) is 0 Å². The van der Waals surface area contributed by atoms with Crippen molar-refractivity contribution in [2.24, 2.45) is 5.73 Å². The predicted octanol–water partition coefficient (Wildman–Crippen LogP) is 1.85. The van der Waals surface area contributed by atoms with Crippen LogP contribution in [0.2, 0.25) is 0 Å². The van der Waals surface area contributed by atoms with Crippen LogP contribution >= 0.6 is 15.9 Å². The molecule has 0 bridgehead atoms. The summed E-state index contributed by atoms with van der Waals surface area (Å²) in [6.07, 6.45) is 5.92. The lowest BCUT2D eigenvalue weighted by Crippen LogP contribution is -2.41. The lowest BCUT2D eigenvalue weighted by molar-refractivity contribution is -0.0189. The van der Waals surface area contributed by atoms with Gasteiger partial charge >= 0.3 is 0 Å². The number of nitrogens with zero attached hydrogens (tertiary/aromatic N) is 1. The molecule has 4 heteroatoms. The Morgan fingerprint density at radius 1 is 1.50 bits per heavy atom. The first-order valence-electron chi connectivity index (χ1n) is 4.70. The summed E-state index contributed by atoms with van der Waals surface area (Å²) >= 11 is 3.37. The fraction of sp³-hybridized carbons (Fsp3) is 0.500. The number of pyridine rings is 1. The first-order chi connectivity index (χ1) is 6.74. The molecule has 14 heavy (non-hydrogen) atoms.